The van der Waals surface area contributed by atoms with E-state index in [1.54, 1.807) is 29.7 Å². The summed E-state index contributed by atoms with van der Waals surface area (Å²) < 4.78 is 14.9. The van der Waals surface area contributed by atoms with Gasteiger partial charge in [0, 0.05) is 48.6 Å². The molecule has 0 radical (unpaired) electrons. The van der Waals surface area contributed by atoms with E-state index in [4.69, 9.17) is 5.41 Å². The summed E-state index contributed by atoms with van der Waals surface area (Å²) in [5.74, 6) is -0.390. The summed E-state index contributed by atoms with van der Waals surface area (Å²) >= 11 is 0. The molecule has 0 unspecified atom stereocenters. The van der Waals surface area contributed by atoms with Gasteiger partial charge in [0.25, 0.3) is 0 Å². The standard InChI is InChI=1S/C19H16FN5O/c1-13-11-15(6-9-22-13)23-17(5-8-21)19-18(26)7-10-25(24-19)16-4-2-3-14(20)12-16/h2-12,21H,1H3,(H,22,23)/p+1. The predicted octanol–water partition coefficient (Wildman–Crippen LogP) is 1.96. The molecule has 0 amide bonds. The molecule has 26 heavy (non-hydrogen) atoms. The van der Waals surface area contributed by atoms with Crippen molar-refractivity contribution >= 4 is 17.6 Å². The second-order valence-electron chi connectivity index (χ2n) is 5.62. The van der Waals surface area contributed by atoms with E-state index < -0.39 is 5.82 Å². The zero-order valence-corrected chi connectivity index (χ0v) is 14.1. The summed E-state index contributed by atoms with van der Waals surface area (Å²) in [4.78, 5) is 16.5. The molecule has 0 atom stereocenters. The molecule has 0 bridgehead atoms. The van der Waals surface area contributed by atoms with Crippen molar-refractivity contribution in [1.29, 1.82) is 5.41 Å². The first-order valence-corrected chi connectivity index (χ1v) is 7.91. The first-order valence-electron chi connectivity index (χ1n) is 7.91. The lowest BCUT2D eigenvalue weighted by molar-refractivity contribution is -0.469. The lowest BCUT2D eigenvalue weighted by atomic mass is 10.2. The van der Waals surface area contributed by atoms with E-state index in [1.807, 2.05) is 13.0 Å². The number of nitrogens with zero attached hydrogens (tertiary/aromatic N) is 3. The van der Waals surface area contributed by atoms with Gasteiger partial charge in [0.15, 0.2) is 11.4 Å². The molecule has 0 saturated heterocycles. The van der Waals surface area contributed by atoms with Gasteiger partial charge in [-0.25, -0.2) is 9.07 Å². The summed E-state index contributed by atoms with van der Waals surface area (Å²) in [6.07, 6.45) is 5.75. The van der Waals surface area contributed by atoms with Crippen LogP contribution in [0.3, 0.4) is 0 Å². The zero-order chi connectivity index (χ0) is 18.5. The third-order valence-electron chi connectivity index (χ3n) is 3.66. The average molecular weight is 350 g/mol. The predicted molar refractivity (Wildman–Crippen MR) is 97.1 cm³/mol. The fraction of sp³-hybridized carbons (Fsp3) is 0.0526. The monoisotopic (exact) mass is 350 g/mol. The number of benzene rings is 1. The van der Waals surface area contributed by atoms with Crippen LogP contribution in [0, 0.1) is 18.2 Å². The number of allylic oxidation sites excluding steroid dienone is 1. The molecule has 3 aromatic rings. The van der Waals surface area contributed by atoms with Gasteiger partial charge in [-0.05, 0) is 25.1 Å². The van der Waals surface area contributed by atoms with Crippen molar-refractivity contribution in [3.63, 3.8) is 0 Å². The molecule has 0 aliphatic rings. The Morgan fingerprint density at radius 2 is 2.12 bits per heavy atom. The Hall–Kier alpha value is -3.45. The minimum absolute atomic E-state index is 0.176. The number of halogens is 1. The van der Waals surface area contributed by atoms with Gasteiger partial charge in [0.1, 0.15) is 11.5 Å². The molecule has 130 valence electrons. The van der Waals surface area contributed by atoms with Gasteiger partial charge in [-0.1, -0.05) is 6.07 Å². The number of nitrogens with two attached hydrogens (primary N) is 1. The number of hydrogen-bond acceptors (Lipinski definition) is 4. The molecule has 0 aliphatic heterocycles. The summed E-state index contributed by atoms with van der Waals surface area (Å²) in [6.45, 7) is 1.87. The first kappa shape index (κ1) is 17.4. The van der Waals surface area contributed by atoms with Crippen LogP contribution in [0.25, 0.3) is 11.4 Å². The topological polar surface area (TPSA) is 88.2 Å². The number of rotatable bonds is 5. The van der Waals surface area contributed by atoms with Crippen molar-refractivity contribution in [3.05, 3.63) is 88.4 Å². The minimum Gasteiger partial charge on any atom is -0.309 e. The molecule has 3 rings (SSSR count). The van der Waals surface area contributed by atoms with E-state index in [-0.39, 0.29) is 11.1 Å². The number of pyridine rings is 1. The summed E-state index contributed by atoms with van der Waals surface area (Å²) in [7, 11) is 0. The zero-order valence-electron chi connectivity index (χ0n) is 14.1. The highest BCUT2D eigenvalue weighted by molar-refractivity contribution is 5.78. The Kier molecular flexibility index (Phi) is 5.09. The fourth-order valence-corrected chi connectivity index (χ4v) is 2.49. The Balaban J connectivity index is 2.04. The number of hydrogen-bond donors (Lipinski definition) is 2. The molecule has 1 aromatic carbocycles. The van der Waals surface area contributed by atoms with Gasteiger partial charge < -0.3 is 5.41 Å². The third kappa shape index (κ3) is 3.96. The van der Waals surface area contributed by atoms with Crippen LogP contribution in [0.1, 0.15) is 11.4 Å². The van der Waals surface area contributed by atoms with Crippen molar-refractivity contribution in [3.8, 4) is 5.69 Å². The Morgan fingerprint density at radius 1 is 1.27 bits per heavy atom. The van der Waals surface area contributed by atoms with Crippen LogP contribution >= 0.6 is 0 Å². The normalized spacial score (nSPS) is 11.4. The molecule has 2 heterocycles. The molecule has 0 aliphatic carbocycles. The molecular weight excluding hydrogens is 333 g/mol. The van der Waals surface area contributed by atoms with Gasteiger partial charge >= 0.3 is 0 Å². The van der Waals surface area contributed by atoms with Crippen molar-refractivity contribution in [2.45, 2.75) is 6.92 Å². The van der Waals surface area contributed by atoms with Crippen LogP contribution in [0.5, 0.6) is 0 Å². The van der Waals surface area contributed by atoms with Gasteiger partial charge in [-0.15, -0.1) is 0 Å². The van der Waals surface area contributed by atoms with E-state index in [0.717, 1.165) is 17.6 Å². The van der Waals surface area contributed by atoms with Crippen molar-refractivity contribution in [1.82, 2.24) is 14.8 Å². The van der Waals surface area contributed by atoms with Gasteiger partial charge in [-0.2, -0.15) is 5.10 Å². The quantitative estimate of drug-likeness (QED) is 0.690. The molecule has 7 heteroatoms. The number of aryl methyl sites for hydroxylation is 1. The second kappa shape index (κ2) is 7.62. The molecule has 3 N–H and O–H groups in total. The molecule has 2 aromatic heterocycles. The maximum Gasteiger partial charge on any atom is 0.213 e. The van der Waals surface area contributed by atoms with Crippen molar-refractivity contribution in [2.75, 3.05) is 0 Å². The number of aromatic nitrogens is 3. The SMILES string of the molecule is Cc1cc([NH2+]C(=CC=N)c2nn(-c3cccc(F)c3)ccc2=O)ccn1. The molecule has 0 fully saturated rings. The highest BCUT2D eigenvalue weighted by Crippen LogP contribution is 2.09. The van der Waals surface area contributed by atoms with E-state index in [1.165, 1.54) is 35.2 Å². The summed E-state index contributed by atoms with van der Waals surface area (Å²) in [5.41, 5.74) is 2.56. The summed E-state index contributed by atoms with van der Waals surface area (Å²) in [5, 5.41) is 13.5. The van der Waals surface area contributed by atoms with Crippen LogP contribution in [-0.4, -0.2) is 21.0 Å². The minimum atomic E-state index is -0.390. The number of nitrogens with one attached hydrogen (secondary N) is 1. The van der Waals surface area contributed by atoms with E-state index >= 15 is 0 Å². The fourth-order valence-electron chi connectivity index (χ4n) is 2.49. The van der Waals surface area contributed by atoms with Crippen LogP contribution < -0.4 is 10.7 Å². The first-order chi connectivity index (χ1) is 12.6. The largest absolute Gasteiger partial charge is 0.309 e. The molecule has 0 saturated carbocycles. The van der Waals surface area contributed by atoms with E-state index in [9.17, 15) is 9.18 Å². The average Bonchev–Trinajstić information content (AvgIpc) is 2.62. The highest BCUT2D eigenvalue weighted by Gasteiger charge is 2.15. The molecule has 0 spiro atoms. The Bertz CT molecular complexity index is 1040. The van der Waals surface area contributed by atoms with Crippen LogP contribution in [-0.2, 0) is 0 Å². The van der Waals surface area contributed by atoms with Gasteiger partial charge in [-0.3, -0.25) is 15.1 Å². The highest BCUT2D eigenvalue weighted by atomic mass is 19.1. The molecule has 6 nitrogen and oxygen atoms in total. The van der Waals surface area contributed by atoms with E-state index in [0.29, 0.717) is 11.4 Å². The van der Waals surface area contributed by atoms with Crippen molar-refractivity contribution < 1.29 is 9.71 Å². The van der Waals surface area contributed by atoms with E-state index in [2.05, 4.69) is 10.1 Å². The van der Waals surface area contributed by atoms with Gasteiger partial charge in [0.05, 0.1) is 5.69 Å². The van der Waals surface area contributed by atoms with Crippen LogP contribution in [0.4, 0.5) is 10.1 Å². The van der Waals surface area contributed by atoms with Crippen LogP contribution in [0.15, 0.2) is 65.7 Å². The van der Waals surface area contributed by atoms with Gasteiger partial charge in [0.2, 0.25) is 5.43 Å². The maximum absolute atomic E-state index is 13.5. The molecular formula is C19H17FN5O+. The third-order valence-corrected chi connectivity index (χ3v) is 3.66. The maximum atomic E-state index is 13.5. The number of quaternary nitrogens is 1. The summed E-state index contributed by atoms with van der Waals surface area (Å²) in [6, 6.07) is 11.0. The Morgan fingerprint density at radius 3 is 2.85 bits per heavy atom. The second-order valence-corrected chi connectivity index (χ2v) is 5.62. The lowest BCUT2D eigenvalue weighted by Crippen LogP contribution is -2.75. The van der Waals surface area contributed by atoms with Crippen molar-refractivity contribution in [2.24, 2.45) is 0 Å². The smallest absolute Gasteiger partial charge is 0.213 e. The Labute approximate surface area is 149 Å². The van der Waals surface area contributed by atoms with Crippen LogP contribution in [0.2, 0.25) is 0 Å². The lowest BCUT2D eigenvalue weighted by Gasteiger charge is -2.09.